The number of furan rings is 1. The highest BCUT2D eigenvalue weighted by atomic mass is 16.3. The van der Waals surface area contributed by atoms with Crippen molar-refractivity contribution in [3.63, 3.8) is 0 Å². The van der Waals surface area contributed by atoms with Gasteiger partial charge in [-0.1, -0.05) is 12.8 Å². The van der Waals surface area contributed by atoms with E-state index < -0.39 is 11.6 Å². The molecule has 1 atom stereocenters. The van der Waals surface area contributed by atoms with E-state index >= 15 is 0 Å². The fourth-order valence-corrected chi connectivity index (χ4v) is 3.18. The highest BCUT2D eigenvalue weighted by molar-refractivity contribution is 6.09. The quantitative estimate of drug-likeness (QED) is 0.821. The van der Waals surface area contributed by atoms with Crippen molar-refractivity contribution in [2.24, 2.45) is 0 Å². The molecule has 4 amide bonds. The van der Waals surface area contributed by atoms with Crippen LogP contribution in [-0.4, -0.2) is 34.8 Å². The van der Waals surface area contributed by atoms with E-state index in [2.05, 4.69) is 10.6 Å². The monoisotopic (exact) mass is 305 g/mol. The number of hydrogen-bond acceptors (Lipinski definition) is 4. The van der Waals surface area contributed by atoms with E-state index in [-0.39, 0.29) is 24.4 Å². The van der Waals surface area contributed by atoms with E-state index in [1.807, 2.05) is 0 Å². The zero-order valence-corrected chi connectivity index (χ0v) is 12.4. The van der Waals surface area contributed by atoms with Crippen LogP contribution in [0.1, 0.15) is 44.4 Å². The summed E-state index contributed by atoms with van der Waals surface area (Å²) in [4.78, 5) is 37.5. The first-order valence-electron chi connectivity index (χ1n) is 7.49. The predicted molar refractivity (Wildman–Crippen MR) is 76.7 cm³/mol. The Kier molecular flexibility index (Phi) is 3.64. The van der Waals surface area contributed by atoms with Gasteiger partial charge in [-0.2, -0.15) is 0 Å². The number of hydrogen-bond donors (Lipinski definition) is 2. The average molecular weight is 305 g/mol. The van der Waals surface area contributed by atoms with Crippen molar-refractivity contribution in [2.45, 2.75) is 44.2 Å². The van der Waals surface area contributed by atoms with Gasteiger partial charge in [0.1, 0.15) is 17.8 Å². The summed E-state index contributed by atoms with van der Waals surface area (Å²) >= 11 is 0. The molecular formula is C15H19N3O4. The van der Waals surface area contributed by atoms with Crippen LogP contribution in [0.15, 0.2) is 22.8 Å². The molecule has 7 nitrogen and oxygen atoms in total. The highest BCUT2D eigenvalue weighted by Gasteiger charge is 2.52. The minimum atomic E-state index is -0.774. The van der Waals surface area contributed by atoms with Crippen molar-refractivity contribution < 1.29 is 18.8 Å². The van der Waals surface area contributed by atoms with Gasteiger partial charge in [0.05, 0.1) is 12.3 Å². The number of carbonyl (C=O) groups is 3. The van der Waals surface area contributed by atoms with Gasteiger partial charge in [-0.15, -0.1) is 0 Å². The molecule has 2 heterocycles. The van der Waals surface area contributed by atoms with Crippen LogP contribution in [0.3, 0.4) is 0 Å². The van der Waals surface area contributed by atoms with Crippen LogP contribution in [0.4, 0.5) is 4.79 Å². The highest BCUT2D eigenvalue weighted by Crippen LogP contribution is 2.34. The summed E-state index contributed by atoms with van der Waals surface area (Å²) in [6, 6.07) is 2.70. The molecule has 1 aromatic heterocycles. The first-order chi connectivity index (χ1) is 10.5. The Labute approximate surface area is 128 Å². The number of urea groups is 1. The van der Waals surface area contributed by atoms with E-state index in [9.17, 15) is 14.4 Å². The third-order valence-corrected chi connectivity index (χ3v) is 4.35. The summed E-state index contributed by atoms with van der Waals surface area (Å²) in [5, 5.41) is 5.48. The Morgan fingerprint density at radius 1 is 1.45 bits per heavy atom. The van der Waals surface area contributed by atoms with Gasteiger partial charge in [0.2, 0.25) is 5.91 Å². The molecule has 1 aliphatic heterocycles. The van der Waals surface area contributed by atoms with Crippen molar-refractivity contribution in [1.82, 2.24) is 15.5 Å². The van der Waals surface area contributed by atoms with Gasteiger partial charge in [-0.3, -0.25) is 14.5 Å². The molecule has 22 heavy (non-hydrogen) atoms. The Morgan fingerprint density at radius 3 is 2.82 bits per heavy atom. The van der Waals surface area contributed by atoms with E-state index in [0.717, 1.165) is 17.7 Å². The van der Waals surface area contributed by atoms with Crippen LogP contribution in [0, 0.1) is 0 Å². The smallest absolute Gasteiger partial charge is 0.325 e. The zero-order chi connectivity index (χ0) is 15.7. The number of rotatable bonds is 4. The second-order valence-corrected chi connectivity index (χ2v) is 5.92. The van der Waals surface area contributed by atoms with Gasteiger partial charge in [0, 0.05) is 0 Å². The van der Waals surface area contributed by atoms with Gasteiger partial charge in [-0.05, 0) is 31.9 Å². The Hall–Kier alpha value is -2.31. The molecular weight excluding hydrogens is 286 g/mol. The largest absolute Gasteiger partial charge is 0.467 e. The first kappa shape index (κ1) is 14.6. The maximum atomic E-state index is 12.4. The molecule has 7 heteroatoms. The second-order valence-electron chi connectivity index (χ2n) is 5.92. The van der Waals surface area contributed by atoms with Crippen LogP contribution in [0.2, 0.25) is 0 Å². The Morgan fingerprint density at radius 2 is 2.18 bits per heavy atom. The van der Waals surface area contributed by atoms with Crippen LogP contribution < -0.4 is 10.6 Å². The zero-order valence-electron chi connectivity index (χ0n) is 12.4. The summed E-state index contributed by atoms with van der Waals surface area (Å²) in [5.41, 5.74) is -0.774. The molecule has 1 aliphatic carbocycles. The minimum Gasteiger partial charge on any atom is -0.467 e. The molecule has 1 saturated heterocycles. The number of imide groups is 1. The Balaban J connectivity index is 1.62. The third kappa shape index (κ3) is 2.47. The minimum absolute atomic E-state index is 0.266. The van der Waals surface area contributed by atoms with Gasteiger partial charge in [0.15, 0.2) is 0 Å². The number of nitrogens with one attached hydrogen (secondary N) is 2. The standard InChI is InChI=1S/C15H19N3O4/c1-10(11-5-4-8-22-11)16-12(19)9-18-13(20)15(17-14(18)21)6-2-3-7-15/h4-5,8,10H,2-3,6-7,9H2,1H3,(H,16,19)(H,17,21). The molecule has 2 fully saturated rings. The van der Waals surface area contributed by atoms with Crippen molar-refractivity contribution in [3.05, 3.63) is 24.2 Å². The van der Waals surface area contributed by atoms with Crippen molar-refractivity contribution in [3.8, 4) is 0 Å². The fourth-order valence-electron chi connectivity index (χ4n) is 3.18. The topological polar surface area (TPSA) is 91.7 Å². The summed E-state index contributed by atoms with van der Waals surface area (Å²) in [5.74, 6) is -0.0453. The summed E-state index contributed by atoms with van der Waals surface area (Å²) < 4.78 is 5.21. The van der Waals surface area contributed by atoms with E-state index in [0.29, 0.717) is 18.6 Å². The van der Waals surface area contributed by atoms with Gasteiger partial charge < -0.3 is 15.1 Å². The average Bonchev–Trinajstić information content (AvgIpc) is 3.18. The van der Waals surface area contributed by atoms with Crippen molar-refractivity contribution in [2.75, 3.05) is 6.54 Å². The lowest BCUT2D eigenvalue weighted by atomic mass is 9.98. The molecule has 2 N–H and O–H groups in total. The third-order valence-electron chi connectivity index (χ3n) is 4.35. The molecule has 2 aliphatic rings. The van der Waals surface area contributed by atoms with Gasteiger partial charge >= 0.3 is 6.03 Å². The molecule has 1 spiro atoms. The van der Waals surface area contributed by atoms with Crippen molar-refractivity contribution in [1.29, 1.82) is 0 Å². The lowest BCUT2D eigenvalue weighted by Crippen LogP contribution is -2.45. The molecule has 0 aromatic carbocycles. The van der Waals surface area contributed by atoms with E-state index in [1.165, 1.54) is 6.26 Å². The molecule has 0 bridgehead atoms. The molecule has 1 unspecified atom stereocenters. The molecule has 118 valence electrons. The van der Waals surface area contributed by atoms with Crippen LogP contribution in [-0.2, 0) is 9.59 Å². The molecule has 1 aromatic rings. The van der Waals surface area contributed by atoms with Crippen LogP contribution in [0.5, 0.6) is 0 Å². The lowest BCUT2D eigenvalue weighted by molar-refractivity contribution is -0.135. The Bertz CT molecular complexity index is 590. The summed E-state index contributed by atoms with van der Waals surface area (Å²) in [6.45, 7) is 1.51. The van der Waals surface area contributed by atoms with Crippen LogP contribution in [0.25, 0.3) is 0 Å². The lowest BCUT2D eigenvalue weighted by Gasteiger charge is -2.20. The van der Waals surface area contributed by atoms with Crippen LogP contribution >= 0.6 is 0 Å². The molecule has 0 radical (unpaired) electrons. The second kappa shape index (κ2) is 5.47. The maximum Gasteiger partial charge on any atom is 0.325 e. The van der Waals surface area contributed by atoms with Gasteiger partial charge in [0.25, 0.3) is 5.91 Å². The fraction of sp³-hybridized carbons (Fsp3) is 0.533. The molecule has 3 rings (SSSR count). The molecule has 1 saturated carbocycles. The normalized spacial score (nSPS) is 21.2. The maximum absolute atomic E-state index is 12.4. The van der Waals surface area contributed by atoms with E-state index in [1.54, 1.807) is 19.1 Å². The predicted octanol–water partition coefficient (Wildman–Crippen LogP) is 1.32. The number of carbonyl (C=O) groups excluding carboxylic acids is 3. The summed E-state index contributed by atoms with van der Waals surface area (Å²) in [7, 11) is 0. The van der Waals surface area contributed by atoms with E-state index in [4.69, 9.17) is 4.42 Å². The number of amides is 4. The number of nitrogens with zero attached hydrogens (tertiary/aromatic N) is 1. The van der Waals surface area contributed by atoms with Gasteiger partial charge in [-0.25, -0.2) is 4.79 Å². The first-order valence-corrected chi connectivity index (χ1v) is 7.49. The SMILES string of the molecule is CC(NC(=O)CN1C(=O)NC2(CCCC2)C1=O)c1ccco1. The van der Waals surface area contributed by atoms with Crippen molar-refractivity contribution >= 4 is 17.8 Å². The summed E-state index contributed by atoms with van der Waals surface area (Å²) in [6.07, 6.45) is 4.67.